The number of sulfone groups is 1. The van der Waals surface area contributed by atoms with Gasteiger partial charge in [0.2, 0.25) is 0 Å². The summed E-state index contributed by atoms with van der Waals surface area (Å²) in [6.07, 6.45) is 4.66. The van der Waals surface area contributed by atoms with E-state index in [1.54, 1.807) is 6.92 Å². The number of aromatic nitrogens is 1. The van der Waals surface area contributed by atoms with E-state index in [-0.39, 0.29) is 57.6 Å². The summed E-state index contributed by atoms with van der Waals surface area (Å²) in [4.78, 5) is 2.87. The number of rotatable bonds is 11. The van der Waals surface area contributed by atoms with Gasteiger partial charge < -0.3 is 10.6 Å². The van der Waals surface area contributed by atoms with Gasteiger partial charge in [0, 0.05) is 34.3 Å². The van der Waals surface area contributed by atoms with Crippen LogP contribution in [0.25, 0.3) is 10.8 Å². The minimum atomic E-state index is -5.08. The van der Waals surface area contributed by atoms with Crippen molar-refractivity contribution in [1.29, 1.82) is 5.26 Å². The Morgan fingerprint density at radius 1 is 0.977 bits per heavy atom. The molecule has 0 bridgehead atoms. The topological polar surface area (TPSA) is 228 Å². The maximum Gasteiger partial charge on any atom is 0.296 e. The van der Waals surface area contributed by atoms with Gasteiger partial charge in [-0.1, -0.05) is 50.1 Å². The van der Waals surface area contributed by atoms with Gasteiger partial charge in [0.1, 0.15) is 33.1 Å². The van der Waals surface area contributed by atoms with E-state index in [0.717, 1.165) is 37.5 Å². The molecule has 44 heavy (non-hydrogen) atoms. The highest BCUT2D eigenvalue weighted by molar-refractivity contribution is 7.94. The molecule has 1 saturated carbocycles. The fourth-order valence-corrected chi connectivity index (χ4v) is 6.95. The average molecular weight is 663 g/mol. The number of nitriles is 1. The van der Waals surface area contributed by atoms with Crippen LogP contribution < -0.4 is 10.6 Å². The number of hydrogen-bond donors (Lipinski definition) is 4. The lowest BCUT2D eigenvalue weighted by molar-refractivity contribution is 0.462. The van der Waals surface area contributed by atoms with E-state index in [1.165, 1.54) is 24.3 Å². The Labute approximate surface area is 255 Å². The van der Waals surface area contributed by atoms with Crippen LogP contribution in [0.2, 0.25) is 0 Å². The van der Waals surface area contributed by atoms with Gasteiger partial charge in [-0.25, -0.2) is 13.4 Å². The molecule has 1 aliphatic carbocycles. The third-order valence-corrected chi connectivity index (χ3v) is 10.2. The molecule has 1 fully saturated rings. The van der Waals surface area contributed by atoms with Crippen molar-refractivity contribution < 1.29 is 34.4 Å². The highest BCUT2D eigenvalue weighted by Gasteiger charge is 2.26. The van der Waals surface area contributed by atoms with E-state index in [2.05, 4.69) is 32.4 Å². The van der Waals surface area contributed by atoms with Crippen LogP contribution in [0.3, 0.4) is 0 Å². The summed E-state index contributed by atoms with van der Waals surface area (Å²) >= 11 is 0. The fourth-order valence-electron chi connectivity index (χ4n) is 4.93. The lowest BCUT2D eigenvalue weighted by Crippen LogP contribution is -2.23. The quantitative estimate of drug-likeness (QED) is 0.156. The first-order valence-electron chi connectivity index (χ1n) is 13.4. The molecule has 0 spiro atoms. The SMILES string of the molecule is C=CS(=O)(=O)CCNc1nc(NC2CCCCC2)c(N=Nc2c(S(=O)(=O)O)cc(S(=O)(=O)O)c3ccccc23)c(C)c1C#N. The molecule has 2 aromatic carbocycles. The Hall–Kier alpha value is -3.95. The molecule has 0 aliphatic heterocycles. The predicted octanol–water partition coefficient (Wildman–Crippen LogP) is 5.04. The molecule has 0 radical (unpaired) electrons. The Morgan fingerprint density at radius 3 is 2.18 bits per heavy atom. The van der Waals surface area contributed by atoms with Crippen LogP contribution in [0.15, 0.2) is 62.3 Å². The summed E-state index contributed by atoms with van der Waals surface area (Å²) in [5.41, 5.74) is -0.0221. The largest absolute Gasteiger partial charge is 0.368 e. The zero-order valence-electron chi connectivity index (χ0n) is 23.6. The van der Waals surface area contributed by atoms with E-state index in [4.69, 9.17) is 0 Å². The van der Waals surface area contributed by atoms with E-state index in [1.807, 2.05) is 6.07 Å². The monoisotopic (exact) mass is 662 g/mol. The first kappa shape index (κ1) is 33.0. The van der Waals surface area contributed by atoms with E-state index >= 15 is 0 Å². The number of azo groups is 1. The predicted molar refractivity (Wildman–Crippen MR) is 164 cm³/mol. The number of benzene rings is 2. The maximum atomic E-state index is 12.4. The molecule has 234 valence electrons. The first-order valence-corrected chi connectivity index (χ1v) is 18.0. The molecule has 4 rings (SSSR count). The smallest absolute Gasteiger partial charge is 0.296 e. The number of fused-ring (bicyclic) bond motifs is 1. The number of anilines is 2. The van der Waals surface area contributed by atoms with E-state index in [0.29, 0.717) is 6.07 Å². The first-order chi connectivity index (χ1) is 20.7. The van der Waals surface area contributed by atoms with Crippen LogP contribution in [0.1, 0.15) is 43.2 Å². The third kappa shape index (κ3) is 7.39. The van der Waals surface area contributed by atoms with Gasteiger partial charge in [0.25, 0.3) is 20.2 Å². The summed E-state index contributed by atoms with van der Waals surface area (Å²) in [6.45, 7) is 4.79. The Bertz CT molecular complexity index is 2020. The highest BCUT2D eigenvalue weighted by Crippen LogP contribution is 2.41. The van der Waals surface area contributed by atoms with Crippen molar-refractivity contribution in [3.63, 3.8) is 0 Å². The van der Waals surface area contributed by atoms with Crippen molar-refractivity contribution in [2.24, 2.45) is 10.2 Å². The maximum absolute atomic E-state index is 12.4. The molecule has 14 nitrogen and oxygen atoms in total. The van der Waals surface area contributed by atoms with Crippen molar-refractivity contribution in [1.82, 2.24) is 4.98 Å². The average Bonchev–Trinajstić information content (AvgIpc) is 2.96. The molecule has 1 aromatic heterocycles. The molecule has 0 unspecified atom stereocenters. The highest BCUT2D eigenvalue weighted by atomic mass is 32.2. The molecular weight excluding hydrogens is 633 g/mol. The zero-order chi connectivity index (χ0) is 32.3. The standard InChI is InChI=1S/C27H30N6O8S3/c1-3-42(34,35)14-13-29-26-21(16-28)17(2)24(27(31-26)30-18-9-5-4-6-10-18)32-33-25-20-12-8-7-11-19(20)22(43(36,37)38)15-23(25)44(39,40)41/h3,7-8,11-12,15,18H,1,4-6,9-10,13-14H2,2H3,(H2,29,30,31)(H,36,37,38)(H,39,40,41). The minimum Gasteiger partial charge on any atom is -0.368 e. The van der Waals surface area contributed by atoms with Crippen molar-refractivity contribution in [3.05, 3.63) is 53.4 Å². The number of nitrogens with zero attached hydrogens (tertiary/aromatic N) is 4. The molecule has 3 aromatic rings. The lowest BCUT2D eigenvalue weighted by Gasteiger charge is -2.25. The van der Waals surface area contributed by atoms with Crippen molar-refractivity contribution in [2.75, 3.05) is 22.9 Å². The zero-order valence-corrected chi connectivity index (χ0v) is 26.0. The van der Waals surface area contributed by atoms with Crippen molar-refractivity contribution in [3.8, 4) is 6.07 Å². The molecule has 1 heterocycles. The summed E-state index contributed by atoms with van der Waals surface area (Å²) < 4.78 is 92.4. The number of hydrogen-bond acceptors (Lipinski definition) is 12. The number of nitrogens with one attached hydrogen (secondary N) is 2. The van der Waals surface area contributed by atoms with Gasteiger partial charge in [-0.15, -0.1) is 10.2 Å². The van der Waals surface area contributed by atoms with E-state index < -0.39 is 45.6 Å². The minimum absolute atomic E-state index is 0.00483. The Morgan fingerprint density at radius 2 is 1.59 bits per heavy atom. The normalized spacial score (nSPS) is 14.9. The summed E-state index contributed by atoms with van der Waals surface area (Å²) in [7, 11) is -13.5. The Kier molecular flexibility index (Phi) is 9.71. The third-order valence-electron chi connectivity index (χ3n) is 7.15. The summed E-state index contributed by atoms with van der Waals surface area (Å²) in [5.74, 6) is 0.00146. The molecular formula is C27H30N6O8S3. The van der Waals surface area contributed by atoms with Gasteiger partial charge in [0.15, 0.2) is 15.7 Å². The van der Waals surface area contributed by atoms with Crippen LogP contribution in [-0.2, 0) is 30.1 Å². The van der Waals surface area contributed by atoms with Crippen LogP contribution in [0.5, 0.6) is 0 Å². The second-order valence-electron chi connectivity index (χ2n) is 10.1. The van der Waals surface area contributed by atoms with Gasteiger partial charge >= 0.3 is 0 Å². The van der Waals surface area contributed by atoms with Crippen LogP contribution in [-0.4, -0.2) is 57.7 Å². The van der Waals surface area contributed by atoms with Gasteiger partial charge in [-0.2, -0.15) is 22.1 Å². The molecule has 17 heteroatoms. The van der Waals surface area contributed by atoms with Crippen molar-refractivity contribution in [2.45, 2.75) is 54.9 Å². The molecule has 0 amide bonds. The Balaban J connectivity index is 1.92. The number of pyridine rings is 1. The molecule has 4 N–H and O–H groups in total. The fraction of sp³-hybridized carbons (Fsp3) is 0.333. The lowest BCUT2D eigenvalue weighted by atomic mass is 9.95. The van der Waals surface area contributed by atoms with E-state index in [9.17, 15) is 39.6 Å². The summed E-state index contributed by atoms with van der Waals surface area (Å²) in [6, 6.07) is 8.25. The van der Waals surface area contributed by atoms with Crippen molar-refractivity contribution >= 4 is 63.9 Å². The van der Waals surface area contributed by atoms with Crippen LogP contribution in [0.4, 0.5) is 23.0 Å². The second-order valence-corrected chi connectivity index (χ2v) is 15.0. The van der Waals surface area contributed by atoms with Crippen LogP contribution >= 0.6 is 0 Å². The van der Waals surface area contributed by atoms with Crippen LogP contribution in [0, 0.1) is 18.3 Å². The summed E-state index contributed by atoms with van der Waals surface area (Å²) in [5, 5.41) is 25.3. The molecule has 1 aliphatic rings. The molecule has 0 atom stereocenters. The molecule has 0 saturated heterocycles. The van der Waals surface area contributed by atoms with Gasteiger partial charge in [-0.05, 0) is 25.8 Å². The van der Waals surface area contributed by atoms with Gasteiger partial charge in [-0.3, -0.25) is 9.11 Å². The van der Waals surface area contributed by atoms with Gasteiger partial charge in [0.05, 0.1) is 11.3 Å². The second kappa shape index (κ2) is 13.0.